The number of non-ortho nitro benzene ring substituents is 1. The van der Waals surface area contributed by atoms with Crippen molar-refractivity contribution < 1.29 is 19.6 Å². The molecule has 0 aliphatic carbocycles. The molecule has 1 aromatic rings. The fourth-order valence-corrected chi connectivity index (χ4v) is 1.02. The van der Waals surface area contributed by atoms with Crippen molar-refractivity contribution in [3.63, 3.8) is 0 Å². The van der Waals surface area contributed by atoms with Gasteiger partial charge < -0.3 is 9.84 Å². The van der Waals surface area contributed by atoms with Gasteiger partial charge in [-0.3, -0.25) is 15.4 Å². The molecule has 2 N–H and O–H groups in total. The van der Waals surface area contributed by atoms with Gasteiger partial charge in [-0.05, 0) is 6.07 Å². The second kappa shape index (κ2) is 4.27. The summed E-state index contributed by atoms with van der Waals surface area (Å²) in [6.07, 6.45) is -1.31. The van der Waals surface area contributed by atoms with Crippen molar-refractivity contribution >= 4 is 17.5 Å². The maximum atomic E-state index is 10.4. The number of hydrogen-bond donors (Lipinski definition) is 2. The van der Waals surface area contributed by atoms with Crippen molar-refractivity contribution in [1.29, 1.82) is 0 Å². The third kappa shape index (κ3) is 2.56. The number of nitrogens with one attached hydrogen (secondary N) is 1. The Morgan fingerprint density at radius 2 is 2.27 bits per heavy atom. The van der Waals surface area contributed by atoms with E-state index >= 15 is 0 Å². The Kier molecular flexibility index (Phi) is 3.06. The molecule has 80 valence electrons. The molecule has 0 fully saturated rings. The normalized spacial score (nSPS) is 9.40. The zero-order chi connectivity index (χ0) is 11.4. The lowest BCUT2D eigenvalue weighted by Crippen LogP contribution is -2.08. The van der Waals surface area contributed by atoms with Gasteiger partial charge in [-0.1, -0.05) is 0 Å². The maximum Gasteiger partial charge on any atom is 0.409 e. The zero-order valence-electron chi connectivity index (χ0n) is 7.76. The third-order valence-electron chi connectivity index (χ3n) is 1.64. The Labute approximate surface area is 84.4 Å². The SMILES string of the molecule is COc1ccc([N+](=O)[O-])cc1NC(=O)O. The fourth-order valence-electron chi connectivity index (χ4n) is 1.02. The highest BCUT2D eigenvalue weighted by Gasteiger charge is 2.12. The van der Waals surface area contributed by atoms with Crippen molar-refractivity contribution in [2.45, 2.75) is 0 Å². The van der Waals surface area contributed by atoms with E-state index in [1.54, 1.807) is 0 Å². The first-order chi connectivity index (χ1) is 7.04. The highest BCUT2D eigenvalue weighted by molar-refractivity contribution is 5.85. The van der Waals surface area contributed by atoms with E-state index in [1.807, 2.05) is 5.32 Å². The van der Waals surface area contributed by atoms with E-state index in [2.05, 4.69) is 0 Å². The minimum atomic E-state index is -1.31. The molecule has 1 rings (SSSR count). The molecule has 7 nitrogen and oxygen atoms in total. The summed E-state index contributed by atoms with van der Waals surface area (Å²) in [6.45, 7) is 0. The Morgan fingerprint density at radius 1 is 1.60 bits per heavy atom. The van der Waals surface area contributed by atoms with Crippen LogP contribution in [-0.4, -0.2) is 23.2 Å². The minimum Gasteiger partial charge on any atom is -0.495 e. The molecule has 7 heteroatoms. The number of ether oxygens (including phenoxy) is 1. The smallest absolute Gasteiger partial charge is 0.409 e. The molecule has 0 saturated heterocycles. The summed E-state index contributed by atoms with van der Waals surface area (Å²) in [5, 5.41) is 20.9. The predicted octanol–water partition coefficient (Wildman–Crippen LogP) is 1.69. The van der Waals surface area contributed by atoms with Crippen molar-refractivity contribution in [2.75, 3.05) is 12.4 Å². The van der Waals surface area contributed by atoms with Crippen molar-refractivity contribution in [3.8, 4) is 5.75 Å². The summed E-state index contributed by atoms with van der Waals surface area (Å²) in [4.78, 5) is 20.2. The standard InChI is InChI=1S/C8H8N2O5/c1-15-7-3-2-5(10(13)14)4-6(7)9-8(11)12/h2-4,9H,1H3,(H,11,12). The first kappa shape index (κ1) is 10.8. The van der Waals surface area contributed by atoms with Crippen LogP contribution in [0.3, 0.4) is 0 Å². The first-order valence-corrected chi connectivity index (χ1v) is 3.87. The van der Waals surface area contributed by atoms with Crippen LogP contribution in [0.5, 0.6) is 5.75 Å². The van der Waals surface area contributed by atoms with Gasteiger partial charge in [0.05, 0.1) is 17.7 Å². The number of nitro groups is 1. The van der Waals surface area contributed by atoms with E-state index in [-0.39, 0.29) is 17.1 Å². The van der Waals surface area contributed by atoms with Gasteiger partial charge in [0.2, 0.25) is 0 Å². The van der Waals surface area contributed by atoms with Gasteiger partial charge in [-0.2, -0.15) is 0 Å². The Morgan fingerprint density at radius 3 is 2.73 bits per heavy atom. The average Bonchev–Trinajstić information content (AvgIpc) is 2.16. The fraction of sp³-hybridized carbons (Fsp3) is 0.125. The largest absolute Gasteiger partial charge is 0.495 e. The highest BCUT2D eigenvalue weighted by atomic mass is 16.6. The van der Waals surface area contributed by atoms with E-state index in [4.69, 9.17) is 9.84 Å². The summed E-state index contributed by atoms with van der Waals surface area (Å²) in [5.74, 6) is 0.225. The van der Waals surface area contributed by atoms with E-state index < -0.39 is 11.0 Å². The number of nitro benzene ring substituents is 1. The van der Waals surface area contributed by atoms with Gasteiger partial charge in [0.1, 0.15) is 5.75 Å². The van der Waals surface area contributed by atoms with E-state index in [0.29, 0.717) is 0 Å². The lowest BCUT2D eigenvalue weighted by molar-refractivity contribution is -0.384. The van der Waals surface area contributed by atoms with Crippen LogP contribution in [0.2, 0.25) is 0 Å². The van der Waals surface area contributed by atoms with Crippen molar-refractivity contribution in [2.24, 2.45) is 0 Å². The second-order valence-electron chi connectivity index (χ2n) is 2.57. The Bertz CT molecular complexity index is 404. The predicted molar refractivity (Wildman–Crippen MR) is 51.3 cm³/mol. The molecule has 0 spiro atoms. The van der Waals surface area contributed by atoms with Crippen LogP contribution in [0, 0.1) is 10.1 Å². The molecule has 0 saturated carbocycles. The van der Waals surface area contributed by atoms with Crippen LogP contribution in [0.25, 0.3) is 0 Å². The number of methoxy groups -OCH3 is 1. The van der Waals surface area contributed by atoms with Gasteiger partial charge in [-0.15, -0.1) is 0 Å². The number of carbonyl (C=O) groups is 1. The van der Waals surface area contributed by atoms with E-state index in [9.17, 15) is 14.9 Å². The Balaban J connectivity index is 3.12. The first-order valence-electron chi connectivity index (χ1n) is 3.87. The van der Waals surface area contributed by atoms with Gasteiger partial charge in [0, 0.05) is 12.1 Å². The summed E-state index contributed by atoms with van der Waals surface area (Å²) in [5.41, 5.74) is -0.168. The molecule has 0 aliphatic heterocycles. The molecule has 0 atom stereocenters. The van der Waals surface area contributed by atoms with Gasteiger partial charge >= 0.3 is 6.09 Å². The van der Waals surface area contributed by atoms with Crippen LogP contribution in [0.1, 0.15) is 0 Å². The second-order valence-corrected chi connectivity index (χ2v) is 2.57. The molecule has 0 aromatic heterocycles. The number of hydrogen-bond acceptors (Lipinski definition) is 4. The summed E-state index contributed by atoms with van der Waals surface area (Å²) >= 11 is 0. The van der Waals surface area contributed by atoms with Crippen LogP contribution in [0.15, 0.2) is 18.2 Å². The number of rotatable bonds is 3. The third-order valence-corrected chi connectivity index (χ3v) is 1.64. The number of benzene rings is 1. The van der Waals surface area contributed by atoms with E-state index in [0.717, 1.165) is 6.07 Å². The van der Waals surface area contributed by atoms with Crippen molar-refractivity contribution in [1.82, 2.24) is 0 Å². The molecule has 0 unspecified atom stereocenters. The molecule has 0 aliphatic rings. The maximum absolute atomic E-state index is 10.4. The number of anilines is 1. The molecule has 15 heavy (non-hydrogen) atoms. The van der Waals surface area contributed by atoms with Gasteiger partial charge in [0.15, 0.2) is 0 Å². The zero-order valence-corrected chi connectivity index (χ0v) is 7.76. The highest BCUT2D eigenvalue weighted by Crippen LogP contribution is 2.28. The van der Waals surface area contributed by atoms with Crippen LogP contribution >= 0.6 is 0 Å². The molecular formula is C8H8N2O5. The molecule has 1 amide bonds. The number of carboxylic acid groups (broad SMARTS) is 1. The monoisotopic (exact) mass is 212 g/mol. The van der Waals surface area contributed by atoms with Crippen LogP contribution in [0.4, 0.5) is 16.2 Å². The van der Waals surface area contributed by atoms with Crippen molar-refractivity contribution in [3.05, 3.63) is 28.3 Å². The average molecular weight is 212 g/mol. The summed E-state index contributed by atoms with van der Waals surface area (Å²) in [7, 11) is 1.34. The summed E-state index contributed by atoms with van der Waals surface area (Å²) in [6, 6.07) is 3.64. The Hall–Kier alpha value is -2.31. The van der Waals surface area contributed by atoms with E-state index in [1.165, 1.54) is 19.2 Å². The number of nitrogens with zero attached hydrogens (tertiary/aromatic N) is 1. The van der Waals surface area contributed by atoms with Gasteiger partial charge in [-0.25, -0.2) is 4.79 Å². The topological polar surface area (TPSA) is 102 Å². The molecule has 0 heterocycles. The van der Waals surface area contributed by atoms with Crippen LogP contribution in [-0.2, 0) is 0 Å². The van der Waals surface area contributed by atoms with Crippen LogP contribution < -0.4 is 10.1 Å². The molecular weight excluding hydrogens is 204 g/mol. The van der Waals surface area contributed by atoms with Gasteiger partial charge in [0.25, 0.3) is 5.69 Å². The molecule has 0 bridgehead atoms. The molecule has 1 aromatic carbocycles. The lowest BCUT2D eigenvalue weighted by atomic mass is 10.2. The lowest BCUT2D eigenvalue weighted by Gasteiger charge is -2.06. The number of amides is 1. The molecule has 0 radical (unpaired) electrons. The quantitative estimate of drug-likeness (QED) is 0.586. The minimum absolute atomic E-state index is 0.0409. The summed E-state index contributed by atoms with van der Waals surface area (Å²) < 4.78 is 4.83.